The number of nitro benzene ring substituents is 1. The first-order valence-corrected chi connectivity index (χ1v) is 10.7. The van der Waals surface area contributed by atoms with Crippen LogP contribution in [0.15, 0.2) is 60.7 Å². The average Bonchev–Trinajstić information content (AvgIpc) is 3.06. The number of nitro groups is 1. The maximum atomic E-state index is 13.8. The Morgan fingerprint density at radius 2 is 1.16 bits per heavy atom. The van der Waals surface area contributed by atoms with Gasteiger partial charge in [-0.05, 0) is 53.3 Å². The molecule has 7 rings (SSSR count). The summed E-state index contributed by atoms with van der Waals surface area (Å²) >= 11 is 0. The molecule has 1 aliphatic heterocycles. The van der Waals surface area contributed by atoms with E-state index in [2.05, 4.69) is 0 Å². The van der Waals surface area contributed by atoms with E-state index in [-0.39, 0.29) is 35.0 Å². The molecule has 0 N–H and O–H groups in total. The van der Waals surface area contributed by atoms with Crippen LogP contribution in [-0.2, 0) is 9.59 Å². The minimum absolute atomic E-state index is 0.0787. The lowest BCUT2D eigenvalue weighted by Crippen LogP contribution is -2.41. The van der Waals surface area contributed by atoms with E-state index < -0.39 is 16.8 Å². The van der Waals surface area contributed by atoms with Gasteiger partial charge in [0.2, 0.25) is 11.8 Å². The highest BCUT2D eigenvalue weighted by molar-refractivity contribution is 6.24. The van der Waals surface area contributed by atoms with Gasteiger partial charge in [0.25, 0.3) is 5.69 Å². The van der Waals surface area contributed by atoms with Crippen molar-refractivity contribution >= 4 is 23.2 Å². The third-order valence-corrected chi connectivity index (χ3v) is 7.48. The number of anilines is 1. The number of aryl methyl sites for hydroxylation is 2. The molecule has 158 valence electrons. The first kappa shape index (κ1) is 18.9. The molecular formula is C26H20N2O4. The van der Waals surface area contributed by atoms with Gasteiger partial charge in [0.15, 0.2) is 0 Å². The molecular weight excluding hydrogens is 404 g/mol. The van der Waals surface area contributed by atoms with Crippen molar-refractivity contribution in [2.24, 2.45) is 11.8 Å². The molecule has 0 saturated carbocycles. The van der Waals surface area contributed by atoms with E-state index in [1.807, 2.05) is 55.5 Å². The van der Waals surface area contributed by atoms with Crippen molar-refractivity contribution in [3.05, 3.63) is 104 Å². The summed E-state index contributed by atoms with van der Waals surface area (Å²) in [6.07, 6.45) is 0. The monoisotopic (exact) mass is 424 g/mol. The van der Waals surface area contributed by atoms with Crippen LogP contribution >= 0.6 is 0 Å². The number of hydrogen-bond acceptors (Lipinski definition) is 4. The van der Waals surface area contributed by atoms with Gasteiger partial charge >= 0.3 is 0 Å². The summed E-state index contributed by atoms with van der Waals surface area (Å²) in [7, 11) is 0. The predicted molar refractivity (Wildman–Crippen MR) is 119 cm³/mol. The highest BCUT2D eigenvalue weighted by atomic mass is 16.6. The van der Waals surface area contributed by atoms with Crippen molar-refractivity contribution in [3.8, 4) is 0 Å². The average molecular weight is 424 g/mol. The maximum Gasteiger partial charge on any atom is 0.293 e. The second kappa shape index (κ2) is 6.36. The lowest BCUT2D eigenvalue weighted by molar-refractivity contribution is -0.384. The SMILES string of the molecule is Cc1cc(N2C(=O)[C@@H]3C4c5ccccc5C(c5ccccc54)[C@@H]3C2=O)c([N+](=O)[O-])cc1C. The first-order valence-electron chi connectivity index (χ1n) is 10.7. The fourth-order valence-electron chi connectivity index (χ4n) is 6.03. The molecule has 1 saturated heterocycles. The van der Waals surface area contributed by atoms with Gasteiger partial charge in [-0.25, -0.2) is 4.90 Å². The van der Waals surface area contributed by atoms with Gasteiger partial charge in [-0.15, -0.1) is 0 Å². The number of amides is 2. The first-order chi connectivity index (χ1) is 15.4. The Bertz CT molecular complexity index is 1250. The summed E-state index contributed by atoms with van der Waals surface area (Å²) in [5.74, 6) is -2.26. The molecule has 3 aromatic carbocycles. The topological polar surface area (TPSA) is 80.5 Å². The number of hydrogen-bond donors (Lipinski definition) is 0. The third kappa shape index (κ3) is 2.24. The standard InChI is InChI=1S/C26H20N2O4/c1-13-11-19(20(28(31)32)12-14(13)2)27-25(29)23-21-15-7-3-4-8-16(15)22(24(23)26(27)30)18-10-6-5-9-17(18)21/h3-12,21-24H,1-2H3/t21?,22?,23-,24+. The van der Waals surface area contributed by atoms with Crippen LogP contribution in [0.2, 0.25) is 0 Å². The van der Waals surface area contributed by atoms with Gasteiger partial charge < -0.3 is 0 Å². The van der Waals surface area contributed by atoms with Crippen molar-refractivity contribution in [1.82, 2.24) is 0 Å². The van der Waals surface area contributed by atoms with E-state index in [9.17, 15) is 19.7 Å². The summed E-state index contributed by atoms with van der Waals surface area (Å²) in [5, 5.41) is 11.8. The Hall–Kier alpha value is -3.80. The summed E-state index contributed by atoms with van der Waals surface area (Å²) < 4.78 is 0. The lowest BCUT2D eigenvalue weighted by Gasteiger charge is -2.45. The zero-order valence-corrected chi connectivity index (χ0v) is 17.6. The zero-order chi connectivity index (χ0) is 22.3. The van der Waals surface area contributed by atoms with Crippen LogP contribution in [0.3, 0.4) is 0 Å². The number of nitrogens with zero attached hydrogens (tertiary/aromatic N) is 2. The predicted octanol–water partition coefficient (Wildman–Crippen LogP) is 4.61. The zero-order valence-electron chi connectivity index (χ0n) is 17.6. The molecule has 6 heteroatoms. The number of carbonyl (C=O) groups excluding carboxylic acids is 2. The largest absolute Gasteiger partial charge is 0.293 e. The van der Waals surface area contributed by atoms with Crippen LogP contribution in [0.5, 0.6) is 0 Å². The maximum absolute atomic E-state index is 13.8. The Morgan fingerprint density at radius 1 is 0.750 bits per heavy atom. The Kier molecular flexibility index (Phi) is 3.76. The number of rotatable bonds is 2. The molecule has 32 heavy (non-hydrogen) atoms. The van der Waals surface area contributed by atoms with Crippen LogP contribution in [0, 0.1) is 35.8 Å². The molecule has 0 radical (unpaired) electrons. The molecule has 0 unspecified atom stereocenters. The minimum Gasteiger partial charge on any atom is -0.274 e. The number of carbonyl (C=O) groups is 2. The fourth-order valence-corrected chi connectivity index (χ4v) is 6.03. The van der Waals surface area contributed by atoms with E-state index in [0.717, 1.165) is 38.3 Å². The van der Waals surface area contributed by atoms with E-state index in [4.69, 9.17) is 0 Å². The smallest absolute Gasteiger partial charge is 0.274 e. The Balaban J connectivity index is 1.57. The minimum atomic E-state index is -0.557. The van der Waals surface area contributed by atoms with Crippen LogP contribution in [0.1, 0.15) is 45.2 Å². The molecule has 6 nitrogen and oxygen atoms in total. The molecule has 0 spiro atoms. The Labute approximate surface area is 184 Å². The quantitative estimate of drug-likeness (QED) is 0.342. The molecule has 3 aliphatic carbocycles. The van der Waals surface area contributed by atoms with Crippen molar-refractivity contribution in [2.45, 2.75) is 25.7 Å². The van der Waals surface area contributed by atoms with Crippen molar-refractivity contribution in [2.75, 3.05) is 4.90 Å². The van der Waals surface area contributed by atoms with Crippen molar-refractivity contribution in [1.29, 1.82) is 0 Å². The molecule has 4 aliphatic rings. The van der Waals surface area contributed by atoms with Crippen LogP contribution in [-0.4, -0.2) is 16.7 Å². The number of benzene rings is 3. The summed E-state index contributed by atoms with van der Waals surface area (Å²) in [6, 6.07) is 19.1. The van der Waals surface area contributed by atoms with Crippen LogP contribution in [0.4, 0.5) is 11.4 Å². The Morgan fingerprint density at radius 3 is 1.56 bits per heavy atom. The van der Waals surface area contributed by atoms with E-state index >= 15 is 0 Å². The molecule has 3 aromatic rings. The van der Waals surface area contributed by atoms with Gasteiger partial charge in [0, 0.05) is 17.9 Å². The lowest BCUT2D eigenvalue weighted by atomic mass is 9.55. The third-order valence-electron chi connectivity index (χ3n) is 7.48. The highest BCUT2D eigenvalue weighted by Crippen LogP contribution is 2.61. The van der Waals surface area contributed by atoms with Crippen molar-refractivity contribution in [3.63, 3.8) is 0 Å². The molecule has 0 aromatic heterocycles. The summed E-state index contributed by atoms with van der Waals surface area (Å²) in [6.45, 7) is 3.61. The normalized spacial score (nSPS) is 24.9. The second-order valence-electron chi connectivity index (χ2n) is 8.96. The highest BCUT2D eigenvalue weighted by Gasteiger charge is 2.62. The van der Waals surface area contributed by atoms with E-state index in [1.165, 1.54) is 6.07 Å². The van der Waals surface area contributed by atoms with Gasteiger partial charge in [-0.2, -0.15) is 0 Å². The van der Waals surface area contributed by atoms with Gasteiger partial charge in [0.05, 0.1) is 16.8 Å². The van der Waals surface area contributed by atoms with E-state index in [1.54, 1.807) is 13.0 Å². The molecule has 2 atom stereocenters. The fraction of sp³-hybridized carbons (Fsp3) is 0.231. The van der Waals surface area contributed by atoms with Crippen molar-refractivity contribution < 1.29 is 14.5 Å². The second-order valence-corrected chi connectivity index (χ2v) is 8.96. The summed E-state index contributed by atoms with van der Waals surface area (Å²) in [4.78, 5) is 40.0. The van der Waals surface area contributed by atoms with Crippen LogP contribution < -0.4 is 4.90 Å². The molecule has 1 fully saturated rings. The van der Waals surface area contributed by atoms with Gasteiger partial charge in [0.1, 0.15) is 5.69 Å². The van der Waals surface area contributed by atoms with Crippen LogP contribution in [0.25, 0.3) is 0 Å². The van der Waals surface area contributed by atoms with E-state index in [0.29, 0.717) is 0 Å². The molecule has 2 amide bonds. The molecule has 2 bridgehead atoms. The van der Waals surface area contributed by atoms with Gasteiger partial charge in [-0.1, -0.05) is 48.5 Å². The number of imide groups is 1. The molecule has 1 heterocycles. The summed E-state index contributed by atoms with van der Waals surface area (Å²) in [5.41, 5.74) is 5.73. The van der Waals surface area contributed by atoms with Gasteiger partial charge in [-0.3, -0.25) is 19.7 Å².